The maximum absolute atomic E-state index is 12.7. The van der Waals surface area contributed by atoms with Crippen LogP contribution < -0.4 is 5.32 Å². The van der Waals surface area contributed by atoms with Crippen LogP contribution in [0.1, 0.15) is 21.7 Å². The predicted molar refractivity (Wildman–Crippen MR) is 98.7 cm³/mol. The minimum Gasteiger partial charge on any atom is -0.477 e. The summed E-state index contributed by atoms with van der Waals surface area (Å²) >= 11 is 0. The van der Waals surface area contributed by atoms with E-state index in [0.717, 1.165) is 18.2 Å². The third-order valence-corrected chi connectivity index (χ3v) is 3.92. The number of carboxylic acid groups (broad SMARTS) is 1. The molecule has 0 aliphatic rings. The van der Waals surface area contributed by atoms with Gasteiger partial charge in [0.25, 0.3) is 5.91 Å². The average Bonchev–Trinajstić information content (AvgIpc) is 3.16. The van der Waals surface area contributed by atoms with Crippen LogP contribution in [0.25, 0.3) is 17.4 Å². The molecule has 0 saturated carbocycles. The van der Waals surface area contributed by atoms with Crippen molar-refractivity contribution in [3.8, 4) is 11.3 Å². The van der Waals surface area contributed by atoms with Crippen molar-refractivity contribution in [3.05, 3.63) is 89.3 Å². The molecule has 1 amide bonds. The van der Waals surface area contributed by atoms with Crippen molar-refractivity contribution in [2.75, 3.05) is 0 Å². The Hall–Kier alpha value is -3.81. The number of furan rings is 1. The molecule has 0 bridgehead atoms. The molecule has 1 aromatic heterocycles. The van der Waals surface area contributed by atoms with Crippen molar-refractivity contribution in [2.24, 2.45) is 0 Å². The van der Waals surface area contributed by atoms with E-state index in [1.165, 1.54) is 36.4 Å². The molecule has 29 heavy (non-hydrogen) atoms. The zero-order valence-electron chi connectivity index (χ0n) is 14.7. The van der Waals surface area contributed by atoms with Gasteiger partial charge < -0.3 is 14.8 Å². The summed E-state index contributed by atoms with van der Waals surface area (Å²) in [6.45, 7) is 0. The van der Waals surface area contributed by atoms with Crippen LogP contribution in [0, 0.1) is 0 Å². The van der Waals surface area contributed by atoms with E-state index in [9.17, 15) is 27.9 Å². The fourth-order valence-electron chi connectivity index (χ4n) is 2.49. The molecule has 0 radical (unpaired) electrons. The highest BCUT2D eigenvalue weighted by molar-refractivity contribution is 6.02. The third kappa shape index (κ3) is 4.92. The molecule has 148 valence electrons. The average molecular weight is 401 g/mol. The number of aliphatic carboxylic acids is 1. The molecule has 0 spiro atoms. The van der Waals surface area contributed by atoms with Gasteiger partial charge in [-0.3, -0.25) is 4.79 Å². The lowest BCUT2D eigenvalue weighted by Gasteiger charge is -2.06. The van der Waals surface area contributed by atoms with E-state index in [-0.39, 0.29) is 17.1 Å². The first-order valence-electron chi connectivity index (χ1n) is 8.33. The van der Waals surface area contributed by atoms with E-state index >= 15 is 0 Å². The van der Waals surface area contributed by atoms with E-state index in [2.05, 4.69) is 5.32 Å². The van der Waals surface area contributed by atoms with E-state index in [4.69, 9.17) is 4.42 Å². The lowest BCUT2D eigenvalue weighted by atomic mass is 10.1. The number of carbonyl (C=O) groups is 2. The highest BCUT2D eigenvalue weighted by Crippen LogP contribution is 2.31. The van der Waals surface area contributed by atoms with Crippen LogP contribution in [0.4, 0.5) is 13.2 Å². The summed E-state index contributed by atoms with van der Waals surface area (Å²) in [5, 5.41) is 11.6. The fraction of sp³-hybridized carbons (Fsp3) is 0.0476. The van der Waals surface area contributed by atoms with Gasteiger partial charge in [-0.2, -0.15) is 13.2 Å². The first-order chi connectivity index (χ1) is 13.7. The molecule has 5 nitrogen and oxygen atoms in total. The highest BCUT2D eigenvalue weighted by atomic mass is 19.4. The number of alkyl halides is 3. The van der Waals surface area contributed by atoms with Gasteiger partial charge in [-0.15, -0.1) is 0 Å². The van der Waals surface area contributed by atoms with Crippen LogP contribution in [0.15, 0.2) is 76.8 Å². The first kappa shape index (κ1) is 19.9. The number of hydrogen-bond acceptors (Lipinski definition) is 3. The van der Waals surface area contributed by atoms with Crippen molar-refractivity contribution in [1.29, 1.82) is 0 Å². The Labute approximate surface area is 163 Å². The molecule has 2 aromatic carbocycles. The van der Waals surface area contributed by atoms with Crippen molar-refractivity contribution >= 4 is 18.0 Å². The molecule has 1 heterocycles. The molecular weight excluding hydrogens is 387 g/mol. The molecule has 0 unspecified atom stereocenters. The number of nitrogens with one attached hydrogen (secondary N) is 1. The van der Waals surface area contributed by atoms with Crippen molar-refractivity contribution in [1.82, 2.24) is 5.32 Å². The molecule has 0 aliphatic carbocycles. The van der Waals surface area contributed by atoms with Crippen LogP contribution in [0.2, 0.25) is 0 Å². The molecule has 0 aliphatic heterocycles. The molecule has 2 N–H and O–H groups in total. The summed E-state index contributed by atoms with van der Waals surface area (Å²) in [6, 6.07) is 15.4. The Morgan fingerprint density at radius 2 is 1.59 bits per heavy atom. The lowest BCUT2D eigenvalue weighted by molar-refractivity contribution is -0.137. The normalized spacial score (nSPS) is 11.9. The quantitative estimate of drug-likeness (QED) is 0.601. The van der Waals surface area contributed by atoms with Gasteiger partial charge in [0.05, 0.1) is 5.56 Å². The number of halogens is 3. The smallest absolute Gasteiger partial charge is 0.416 e. The van der Waals surface area contributed by atoms with Crippen molar-refractivity contribution in [3.63, 3.8) is 0 Å². The Morgan fingerprint density at radius 3 is 2.17 bits per heavy atom. The van der Waals surface area contributed by atoms with Crippen molar-refractivity contribution in [2.45, 2.75) is 6.18 Å². The first-order valence-corrected chi connectivity index (χ1v) is 8.33. The van der Waals surface area contributed by atoms with E-state index < -0.39 is 29.3 Å². The third-order valence-electron chi connectivity index (χ3n) is 3.92. The van der Waals surface area contributed by atoms with Gasteiger partial charge in [-0.1, -0.05) is 30.3 Å². The predicted octanol–water partition coefficient (Wildman–Crippen LogP) is 4.82. The molecule has 0 fully saturated rings. The maximum atomic E-state index is 12.7. The zero-order valence-corrected chi connectivity index (χ0v) is 14.7. The van der Waals surface area contributed by atoms with Gasteiger partial charge in [0.2, 0.25) is 0 Å². The second-order valence-corrected chi connectivity index (χ2v) is 5.96. The van der Waals surface area contributed by atoms with Gasteiger partial charge in [0, 0.05) is 17.2 Å². The number of amides is 1. The summed E-state index contributed by atoms with van der Waals surface area (Å²) in [4.78, 5) is 23.6. The Kier molecular flexibility index (Phi) is 5.54. The molecule has 3 aromatic rings. The minimum atomic E-state index is -4.44. The van der Waals surface area contributed by atoms with Crippen molar-refractivity contribution < 1.29 is 32.3 Å². The fourth-order valence-corrected chi connectivity index (χ4v) is 2.49. The van der Waals surface area contributed by atoms with Crippen LogP contribution >= 0.6 is 0 Å². The Morgan fingerprint density at radius 1 is 0.931 bits per heavy atom. The number of carbonyl (C=O) groups excluding carboxylic acids is 1. The monoisotopic (exact) mass is 401 g/mol. The molecule has 8 heteroatoms. The van der Waals surface area contributed by atoms with Crippen LogP contribution in [-0.4, -0.2) is 17.0 Å². The molecule has 0 atom stereocenters. The zero-order chi connectivity index (χ0) is 21.0. The molecular formula is C21H14F3NO4. The second kappa shape index (κ2) is 8.05. The van der Waals surface area contributed by atoms with Crippen LogP contribution in [-0.2, 0) is 11.0 Å². The lowest BCUT2D eigenvalue weighted by Crippen LogP contribution is -2.27. The van der Waals surface area contributed by atoms with E-state index in [0.29, 0.717) is 5.56 Å². The summed E-state index contributed by atoms with van der Waals surface area (Å²) in [5.41, 5.74) is -0.524. The highest BCUT2D eigenvalue weighted by Gasteiger charge is 2.30. The second-order valence-electron chi connectivity index (χ2n) is 5.96. The van der Waals surface area contributed by atoms with E-state index in [1.807, 2.05) is 0 Å². The number of benzene rings is 2. The summed E-state index contributed by atoms with van der Waals surface area (Å²) in [5.74, 6) is -1.61. The molecule has 0 saturated heterocycles. The summed E-state index contributed by atoms with van der Waals surface area (Å²) < 4.78 is 43.4. The number of carboxylic acids is 1. The number of rotatable bonds is 5. The maximum Gasteiger partial charge on any atom is 0.416 e. The largest absolute Gasteiger partial charge is 0.477 e. The van der Waals surface area contributed by atoms with Gasteiger partial charge >= 0.3 is 12.1 Å². The van der Waals surface area contributed by atoms with Gasteiger partial charge in [0.15, 0.2) is 0 Å². The number of hydrogen-bond donors (Lipinski definition) is 2. The standard InChI is InChI=1S/C21H14F3NO4/c22-21(23,24)15-8-6-13(7-9-15)18-11-10-16(29-18)12-17(20(27)28)25-19(26)14-4-2-1-3-5-14/h1-12H,(H,25,26)(H,27,28)/b17-12+. The molecule has 3 rings (SSSR count). The minimum absolute atomic E-state index is 0.116. The van der Waals surface area contributed by atoms with Gasteiger partial charge in [-0.05, 0) is 36.4 Å². The van der Waals surface area contributed by atoms with E-state index in [1.54, 1.807) is 18.2 Å². The summed E-state index contributed by atoms with van der Waals surface area (Å²) in [7, 11) is 0. The summed E-state index contributed by atoms with van der Waals surface area (Å²) in [6.07, 6.45) is -3.32. The Balaban J connectivity index is 1.81. The van der Waals surface area contributed by atoms with Crippen LogP contribution in [0.3, 0.4) is 0 Å². The SMILES string of the molecule is O=C(O)/C(=C\c1ccc(-c2ccc(C(F)(F)F)cc2)o1)NC(=O)c1ccccc1. The van der Waals surface area contributed by atoms with Gasteiger partial charge in [-0.25, -0.2) is 4.79 Å². The topological polar surface area (TPSA) is 79.5 Å². The van der Waals surface area contributed by atoms with Gasteiger partial charge in [0.1, 0.15) is 17.2 Å². The van der Waals surface area contributed by atoms with Crippen LogP contribution in [0.5, 0.6) is 0 Å². The Bertz CT molecular complexity index is 1050.